The lowest BCUT2D eigenvalue weighted by atomic mass is 9.99. The summed E-state index contributed by atoms with van der Waals surface area (Å²) in [7, 11) is 1.33. The van der Waals surface area contributed by atoms with E-state index in [9.17, 15) is 9.59 Å². The van der Waals surface area contributed by atoms with E-state index in [4.69, 9.17) is 4.74 Å². The van der Waals surface area contributed by atoms with Crippen LogP contribution in [0, 0.1) is 5.92 Å². The molecule has 1 aromatic heterocycles. The first-order valence-corrected chi connectivity index (χ1v) is 9.83. The average molecular weight is 397 g/mol. The van der Waals surface area contributed by atoms with Crippen LogP contribution in [0.4, 0.5) is 0 Å². The van der Waals surface area contributed by atoms with Crippen LogP contribution in [0.3, 0.4) is 0 Å². The molecule has 0 spiro atoms. The number of carbonyl (C=O) groups excluding carboxylic acids is 2. The Kier molecular flexibility index (Phi) is 6.76. The molecule has 6 heteroatoms. The van der Waals surface area contributed by atoms with Gasteiger partial charge in [0.2, 0.25) is 5.91 Å². The summed E-state index contributed by atoms with van der Waals surface area (Å²) in [5.41, 5.74) is 3.00. The number of esters is 1. The smallest absolute Gasteiger partial charge is 0.328 e. The normalized spacial score (nSPS) is 13.1. The summed E-state index contributed by atoms with van der Waals surface area (Å²) in [4.78, 5) is 28.3. The minimum Gasteiger partial charge on any atom is -0.467 e. The van der Waals surface area contributed by atoms with Crippen LogP contribution >= 0.6 is 12.6 Å². The third-order valence-corrected chi connectivity index (χ3v) is 5.26. The standard InChI is InChI=1S/C22H24N2O3S/c1-27-22(26)20(12-16-13-23-19-10-6-5-9-18(16)19)24-21(25)17(14-28)11-15-7-3-2-4-8-15/h2-10,13,17,20,23,28H,11-12,14H2,1H3,(H,24,25)/t17?,20-/m0/s1. The second-order valence-corrected chi connectivity index (χ2v) is 7.08. The maximum atomic E-state index is 12.8. The van der Waals surface area contributed by atoms with E-state index in [0.717, 1.165) is 22.0 Å². The molecule has 0 aliphatic carbocycles. The summed E-state index contributed by atoms with van der Waals surface area (Å²) >= 11 is 4.34. The molecule has 0 saturated carbocycles. The van der Waals surface area contributed by atoms with Crippen LogP contribution < -0.4 is 5.32 Å². The van der Waals surface area contributed by atoms with Gasteiger partial charge in [-0.2, -0.15) is 12.6 Å². The monoisotopic (exact) mass is 396 g/mol. The first kappa shape index (κ1) is 20.0. The number of hydrogen-bond donors (Lipinski definition) is 3. The summed E-state index contributed by atoms with van der Waals surface area (Å²) in [5, 5.41) is 3.89. The summed E-state index contributed by atoms with van der Waals surface area (Å²) in [6, 6.07) is 16.9. The topological polar surface area (TPSA) is 71.2 Å². The molecule has 0 fully saturated rings. The van der Waals surface area contributed by atoms with Gasteiger partial charge in [-0.15, -0.1) is 0 Å². The molecule has 0 bridgehead atoms. The number of nitrogens with one attached hydrogen (secondary N) is 2. The summed E-state index contributed by atoms with van der Waals surface area (Å²) in [5.74, 6) is -0.604. The third-order valence-electron chi connectivity index (χ3n) is 4.82. The molecule has 1 amide bonds. The molecule has 0 radical (unpaired) electrons. The fourth-order valence-electron chi connectivity index (χ4n) is 3.28. The quantitative estimate of drug-likeness (QED) is 0.405. The molecule has 0 aliphatic rings. The van der Waals surface area contributed by atoms with Crippen molar-refractivity contribution in [1.82, 2.24) is 10.3 Å². The molecule has 0 aliphatic heterocycles. The van der Waals surface area contributed by atoms with Crippen LogP contribution in [-0.4, -0.2) is 35.8 Å². The number of thiol groups is 1. The molecule has 28 heavy (non-hydrogen) atoms. The van der Waals surface area contributed by atoms with Crippen molar-refractivity contribution in [2.45, 2.75) is 18.9 Å². The van der Waals surface area contributed by atoms with E-state index in [1.54, 1.807) is 0 Å². The van der Waals surface area contributed by atoms with Gasteiger partial charge in [0, 0.05) is 29.3 Å². The number of fused-ring (bicyclic) bond motifs is 1. The number of aromatic nitrogens is 1. The van der Waals surface area contributed by atoms with Crippen LogP contribution in [-0.2, 0) is 27.2 Å². The number of rotatable bonds is 8. The highest BCUT2D eigenvalue weighted by Crippen LogP contribution is 2.20. The molecule has 5 nitrogen and oxygen atoms in total. The lowest BCUT2D eigenvalue weighted by Crippen LogP contribution is -2.46. The Bertz CT molecular complexity index is 939. The van der Waals surface area contributed by atoms with Crippen LogP contribution in [0.25, 0.3) is 10.9 Å². The molecule has 3 rings (SSSR count). The Morgan fingerprint density at radius 1 is 1.07 bits per heavy atom. The number of benzene rings is 2. The van der Waals surface area contributed by atoms with E-state index in [1.807, 2.05) is 60.8 Å². The van der Waals surface area contributed by atoms with Gasteiger partial charge in [-0.1, -0.05) is 48.5 Å². The van der Waals surface area contributed by atoms with Crippen molar-refractivity contribution in [3.05, 3.63) is 71.9 Å². The van der Waals surface area contributed by atoms with E-state index in [2.05, 4.69) is 22.9 Å². The number of ether oxygens (including phenoxy) is 1. The Morgan fingerprint density at radius 3 is 2.50 bits per heavy atom. The van der Waals surface area contributed by atoms with Gasteiger partial charge in [-0.25, -0.2) is 4.79 Å². The molecule has 3 aromatic rings. The average Bonchev–Trinajstić information content (AvgIpc) is 3.14. The summed E-state index contributed by atoms with van der Waals surface area (Å²) in [6.07, 6.45) is 2.79. The zero-order valence-electron chi connectivity index (χ0n) is 15.7. The number of para-hydroxylation sites is 1. The molecule has 146 valence electrons. The zero-order chi connectivity index (χ0) is 19.9. The predicted octanol–water partition coefficient (Wildman–Crippen LogP) is 3.16. The zero-order valence-corrected chi connectivity index (χ0v) is 16.6. The van der Waals surface area contributed by atoms with Gasteiger partial charge in [-0.05, 0) is 23.6 Å². The second kappa shape index (κ2) is 9.46. The highest BCUT2D eigenvalue weighted by atomic mass is 32.1. The first-order chi connectivity index (χ1) is 13.6. The number of carbonyl (C=O) groups is 2. The van der Waals surface area contributed by atoms with E-state index in [-0.39, 0.29) is 11.8 Å². The highest BCUT2D eigenvalue weighted by Gasteiger charge is 2.26. The Hall–Kier alpha value is -2.73. The van der Waals surface area contributed by atoms with Gasteiger partial charge in [0.1, 0.15) is 6.04 Å². The van der Waals surface area contributed by atoms with Gasteiger partial charge in [0.25, 0.3) is 0 Å². The lowest BCUT2D eigenvalue weighted by molar-refractivity contribution is -0.145. The third kappa shape index (κ3) is 4.75. The molecular weight excluding hydrogens is 372 g/mol. The van der Waals surface area contributed by atoms with E-state index < -0.39 is 12.0 Å². The minimum atomic E-state index is -0.755. The van der Waals surface area contributed by atoms with Crippen LogP contribution in [0.5, 0.6) is 0 Å². The second-order valence-electron chi connectivity index (χ2n) is 6.72. The Balaban J connectivity index is 1.74. The van der Waals surface area contributed by atoms with Crippen molar-refractivity contribution in [2.75, 3.05) is 12.9 Å². The number of H-pyrrole nitrogens is 1. The minimum absolute atomic E-state index is 0.200. The molecule has 2 N–H and O–H groups in total. The van der Waals surface area contributed by atoms with Gasteiger partial charge >= 0.3 is 5.97 Å². The van der Waals surface area contributed by atoms with Gasteiger partial charge in [-0.3, -0.25) is 4.79 Å². The van der Waals surface area contributed by atoms with Gasteiger partial charge in [0.15, 0.2) is 0 Å². The van der Waals surface area contributed by atoms with Crippen molar-refractivity contribution in [2.24, 2.45) is 5.92 Å². The highest BCUT2D eigenvalue weighted by molar-refractivity contribution is 7.80. The maximum Gasteiger partial charge on any atom is 0.328 e. The molecule has 2 atom stereocenters. The maximum absolute atomic E-state index is 12.8. The van der Waals surface area contributed by atoms with Crippen molar-refractivity contribution in [3.8, 4) is 0 Å². The molecule has 2 aromatic carbocycles. The summed E-state index contributed by atoms with van der Waals surface area (Å²) < 4.78 is 4.92. The Labute approximate surface area is 169 Å². The van der Waals surface area contributed by atoms with E-state index in [0.29, 0.717) is 18.6 Å². The predicted molar refractivity (Wildman–Crippen MR) is 113 cm³/mol. The summed E-state index contributed by atoms with van der Waals surface area (Å²) in [6.45, 7) is 0. The number of methoxy groups -OCH3 is 1. The van der Waals surface area contributed by atoms with Gasteiger partial charge in [0.05, 0.1) is 13.0 Å². The number of amides is 1. The van der Waals surface area contributed by atoms with Crippen molar-refractivity contribution in [1.29, 1.82) is 0 Å². The van der Waals surface area contributed by atoms with E-state index >= 15 is 0 Å². The van der Waals surface area contributed by atoms with Crippen molar-refractivity contribution >= 4 is 35.4 Å². The Morgan fingerprint density at radius 2 is 1.79 bits per heavy atom. The largest absolute Gasteiger partial charge is 0.467 e. The molecule has 1 unspecified atom stereocenters. The molecule has 0 saturated heterocycles. The fourth-order valence-corrected chi connectivity index (χ4v) is 3.58. The van der Waals surface area contributed by atoms with Crippen LogP contribution in [0.2, 0.25) is 0 Å². The van der Waals surface area contributed by atoms with Crippen LogP contribution in [0.1, 0.15) is 11.1 Å². The molecule has 1 heterocycles. The van der Waals surface area contributed by atoms with Crippen molar-refractivity contribution < 1.29 is 14.3 Å². The van der Waals surface area contributed by atoms with E-state index in [1.165, 1.54) is 7.11 Å². The fraction of sp³-hybridized carbons (Fsp3) is 0.273. The number of hydrogen-bond acceptors (Lipinski definition) is 4. The SMILES string of the molecule is COC(=O)[C@H](Cc1c[nH]c2ccccc12)NC(=O)C(CS)Cc1ccccc1. The van der Waals surface area contributed by atoms with Gasteiger partial charge < -0.3 is 15.0 Å². The van der Waals surface area contributed by atoms with Crippen molar-refractivity contribution in [3.63, 3.8) is 0 Å². The number of aromatic amines is 1. The lowest BCUT2D eigenvalue weighted by Gasteiger charge is -2.20. The van der Waals surface area contributed by atoms with Crippen LogP contribution in [0.15, 0.2) is 60.8 Å². The molecular formula is C22H24N2O3S. The first-order valence-electron chi connectivity index (χ1n) is 9.20.